The van der Waals surface area contributed by atoms with Gasteiger partial charge in [0.15, 0.2) is 0 Å². The highest BCUT2D eigenvalue weighted by molar-refractivity contribution is 7.89. The second-order valence-electron chi connectivity index (χ2n) is 10.1. The van der Waals surface area contributed by atoms with Crippen LogP contribution in [0.3, 0.4) is 0 Å². The number of hydrogen-bond donors (Lipinski definition) is 1. The maximum absolute atomic E-state index is 12.0. The summed E-state index contributed by atoms with van der Waals surface area (Å²) in [6.45, 7) is 6.09. The average molecular weight is 552 g/mol. The van der Waals surface area contributed by atoms with Gasteiger partial charge in [-0.15, -0.1) is 0 Å². The fourth-order valence-corrected chi connectivity index (χ4v) is 6.89. The Bertz CT molecular complexity index is 1460. The largest absolute Gasteiger partial charge is 0.492 e. The van der Waals surface area contributed by atoms with Crippen molar-refractivity contribution in [3.05, 3.63) is 76.9 Å². The Morgan fingerprint density at radius 1 is 1.05 bits per heavy atom. The number of ether oxygens (including phenoxy) is 3. The van der Waals surface area contributed by atoms with Crippen LogP contribution < -0.4 is 14.2 Å². The van der Waals surface area contributed by atoms with Crippen LogP contribution in [0.5, 0.6) is 17.2 Å². The van der Waals surface area contributed by atoms with Gasteiger partial charge in [0.1, 0.15) is 30.5 Å². The van der Waals surface area contributed by atoms with Crippen LogP contribution in [0, 0.1) is 13.8 Å². The minimum Gasteiger partial charge on any atom is -0.492 e. The Morgan fingerprint density at radius 3 is 2.56 bits per heavy atom. The topological polar surface area (TPSA) is 102 Å². The molecule has 1 unspecified atom stereocenters. The molecule has 0 spiro atoms. The van der Waals surface area contributed by atoms with Crippen molar-refractivity contribution in [1.82, 2.24) is 4.31 Å². The zero-order chi connectivity index (χ0) is 27.6. The first-order valence-corrected chi connectivity index (χ1v) is 14.7. The number of carbonyl (C=O) groups is 1. The number of sulfonamides is 1. The number of hydrogen-bond acceptors (Lipinski definition) is 6. The highest BCUT2D eigenvalue weighted by atomic mass is 32.2. The second kappa shape index (κ2) is 11.3. The summed E-state index contributed by atoms with van der Waals surface area (Å²) >= 11 is 0. The lowest BCUT2D eigenvalue weighted by Gasteiger charge is -2.17. The number of aryl methyl sites for hydroxylation is 2. The molecule has 206 valence electrons. The zero-order valence-corrected chi connectivity index (χ0v) is 23.0. The molecule has 1 fully saturated rings. The van der Waals surface area contributed by atoms with E-state index in [0.717, 1.165) is 39.1 Å². The Hall–Kier alpha value is -3.56. The number of rotatable bonds is 10. The summed E-state index contributed by atoms with van der Waals surface area (Å²) in [5, 5.41) is 9.10. The van der Waals surface area contributed by atoms with E-state index in [4.69, 9.17) is 19.3 Å². The number of carboxylic acid groups (broad SMARTS) is 1. The van der Waals surface area contributed by atoms with Crippen molar-refractivity contribution < 1.29 is 32.5 Å². The van der Waals surface area contributed by atoms with E-state index in [1.165, 1.54) is 4.31 Å². The molecule has 39 heavy (non-hydrogen) atoms. The third kappa shape index (κ3) is 6.20. The molecule has 0 aliphatic carbocycles. The van der Waals surface area contributed by atoms with E-state index >= 15 is 0 Å². The molecule has 5 rings (SSSR count). The predicted molar refractivity (Wildman–Crippen MR) is 148 cm³/mol. The second-order valence-corrected chi connectivity index (χ2v) is 12.2. The molecule has 0 amide bonds. The van der Waals surface area contributed by atoms with Crippen molar-refractivity contribution in [3.8, 4) is 28.4 Å². The van der Waals surface area contributed by atoms with Crippen LogP contribution in [0.15, 0.2) is 54.6 Å². The summed E-state index contributed by atoms with van der Waals surface area (Å²) < 4.78 is 43.1. The van der Waals surface area contributed by atoms with Crippen molar-refractivity contribution in [1.29, 1.82) is 0 Å². The van der Waals surface area contributed by atoms with E-state index in [9.17, 15) is 13.2 Å². The summed E-state index contributed by atoms with van der Waals surface area (Å²) in [5.74, 6) is 1.34. The molecule has 8 nitrogen and oxygen atoms in total. The van der Waals surface area contributed by atoms with Crippen molar-refractivity contribution in [2.24, 2.45) is 0 Å². The standard InChI is InChI=1S/C30H33NO7S/c1-20-13-26(36-11-10-31-9-4-12-39(31,34)35)14-21(2)30(20)23-6-3-5-22(15-23)18-37-25-7-8-27-24(16-29(32)33)19-38-28(27)17-25/h3,5-8,13-15,17,24H,4,9-12,16,18-19H2,1-2H3,(H,32,33). The highest BCUT2D eigenvalue weighted by Crippen LogP contribution is 2.38. The van der Waals surface area contributed by atoms with Gasteiger partial charge in [0.2, 0.25) is 10.0 Å². The average Bonchev–Trinajstić information content (AvgIpc) is 3.43. The first-order valence-electron chi connectivity index (χ1n) is 13.1. The van der Waals surface area contributed by atoms with Crippen LogP contribution in [-0.2, 0) is 21.4 Å². The number of nitrogens with zero attached hydrogens (tertiary/aromatic N) is 1. The number of carboxylic acids is 1. The molecule has 0 aromatic heterocycles. The fourth-order valence-electron chi connectivity index (χ4n) is 5.38. The van der Waals surface area contributed by atoms with E-state index in [1.54, 1.807) is 0 Å². The monoisotopic (exact) mass is 551 g/mol. The van der Waals surface area contributed by atoms with Gasteiger partial charge in [-0.1, -0.05) is 24.3 Å². The van der Waals surface area contributed by atoms with E-state index in [2.05, 4.69) is 12.1 Å². The summed E-state index contributed by atoms with van der Waals surface area (Å²) in [4.78, 5) is 11.1. The normalized spacial score (nSPS) is 17.9. The zero-order valence-electron chi connectivity index (χ0n) is 22.2. The summed E-state index contributed by atoms with van der Waals surface area (Å²) in [5.41, 5.74) is 6.28. The van der Waals surface area contributed by atoms with E-state index < -0.39 is 16.0 Å². The van der Waals surface area contributed by atoms with E-state index in [0.29, 0.717) is 50.8 Å². The molecule has 1 saturated heterocycles. The molecule has 2 aliphatic heterocycles. The Morgan fingerprint density at radius 2 is 1.85 bits per heavy atom. The van der Waals surface area contributed by atoms with E-state index in [-0.39, 0.29) is 18.1 Å². The van der Waals surface area contributed by atoms with Crippen molar-refractivity contribution in [2.75, 3.05) is 32.1 Å². The highest BCUT2D eigenvalue weighted by Gasteiger charge is 2.28. The van der Waals surface area contributed by atoms with Crippen LogP contribution in [-0.4, -0.2) is 55.9 Å². The molecule has 0 bridgehead atoms. The van der Waals surface area contributed by atoms with Crippen LogP contribution in [0.2, 0.25) is 0 Å². The lowest BCUT2D eigenvalue weighted by Crippen LogP contribution is -2.30. The molecule has 0 radical (unpaired) electrons. The maximum Gasteiger partial charge on any atom is 0.304 e. The van der Waals surface area contributed by atoms with Crippen LogP contribution in [0.25, 0.3) is 11.1 Å². The minimum atomic E-state index is -3.12. The van der Waals surface area contributed by atoms with Crippen LogP contribution in [0.4, 0.5) is 0 Å². The van der Waals surface area contributed by atoms with Crippen LogP contribution >= 0.6 is 0 Å². The quantitative estimate of drug-likeness (QED) is 0.382. The molecule has 2 heterocycles. The smallest absolute Gasteiger partial charge is 0.304 e. The van der Waals surface area contributed by atoms with Crippen molar-refractivity contribution in [2.45, 2.75) is 39.2 Å². The van der Waals surface area contributed by atoms with Crippen molar-refractivity contribution in [3.63, 3.8) is 0 Å². The first-order chi connectivity index (χ1) is 18.7. The SMILES string of the molecule is Cc1cc(OCCN2CCCS2(=O)=O)cc(C)c1-c1cccc(COc2ccc3c(c2)OCC3CC(=O)O)c1. The van der Waals surface area contributed by atoms with Gasteiger partial charge in [-0.25, -0.2) is 8.42 Å². The van der Waals surface area contributed by atoms with E-state index in [1.807, 2.05) is 56.3 Å². The summed E-state index contributed by atoms with van der Waals surface area (Å²) in [7, 11) is -3.12. The number of fused-ring (bicyclic) bond motifs is 1. The molecular formula is C30H33NO7S. The van der Waals surface area contributed by atoms with Gasteiger partial charge in [-0.2, -0.15) is 4.31 Å². The Balaban J connectivity index is 1.23. The minimum absolute atomic E-state index is 0.0505. The van der Waals surface area contributed by atoms with Crippen molar-refractivity contribution >= 4 is 16.0 Å². The lowest BCUT2D eigenvalue weighted by atomic mass is 9.94. The van der Waals surface area contributed by atoms with Gasteiger partial charge in [0.25, 0.3) is 0 Å². The van der Waals surface area contributed by atoms with Crippen LogP contribution in [0.1, 0.15) is 41.0 Å². The van der Waals surface area contributed by atoms with Gasteiger partial charge in [0, 0.05) is 30.6 Å². The molecule has 2 aliphatic rings. The summed E-state index contributed by atoms with van der Waals surface area (Å²) in [6.07, 6.45) is 0.727. The van der Waals surface area contributed by atoms with Gasteiger partial charge in [-0.05, 0) is 72.4 Å². The molecule has 1 atom stereocenters. The van der Waals surface area contributed by atoms with Gasteiger partial charge in [0.05, 0.1) is 18.8 Å². The molecule has 1 N–H and O–H groups in total. The molecular weight excluding hydrogens is 518 g/mol. The third-order valence-corrected chi connectivity index (χ3v) is 9.18. The molecule has 0 saturated carbocycles. The number of benzene rings is 3. The Labute approximate surface area is 229 Å². The number of aliphatic carboxylic acids is 1. The Kier molecular flexibility index (Phi) is 7.81. The molecule has 3 aromatic rings. The molecule has 3 aromatic carbocycles. The van der Waals surface area contributed by atoms with Gasteiger partial charge in [-0.3, -0.25) is 4.79 Å². The maximum atomic E-state index is 12.0. The molecule has 9 heteroatoms. The first kappa shape index (κ1) is 27.0. The fraction of sp³-hybridized carbons (Fsp3) is 0.367. The lowest BCUT2D eigenvalue weighted by molar-refractivity contribution is -0.137. The third-order valence-electron chi connectivity index (χ3n) is 7.23. The predicted octanol–water partition coefficient (Wildman–Crippen LogP) is 4.91. The van der Waals surface area contributed by atoms with Gasteiger partial charge >= 0.3 is 5.97 Å². The van der Waals surface area contributed by atoms with Gasteiger partial charge < -0.3 is 19.3 Å². The summed E-state index contributed by atoms with van der Waals surface area (Å²) in [6, 6.07) is 17.8.